The number of carbonyl (C=O) groups excluding carboxylic acids is 1. The first-order valence-corrected chi connectivity index (χ1v) is 9.85. The summed E-state index contributed by atoms with van der Waals surface area (Å²) in [4.78, 5) is 17.9. The molecule has 0 heterocycles. The zero-order valence-corrected chi connectivity index (χ0v) is 20.0. The van der Waals surface area contributed by atoms with Crippen LogP contribution in [0.4, 0.5) is 8.78 Å². The van der Waals surface area contributed by atoms with Crippen LogP contribution in [0.15, 0.2) is 23.2 Å². The number of rotatable bonds is 9. The van der Waals surface area contributed by atoms with E-state index in [1.165, 1.54) is 4.90 Å². The van der Waals surface area contributed by atoms with Gasteiger partial charge in [-0.05, 0) is 25.8 Å². The Labute approximate surface area is 193 Å². The molecule has 1 aromatic carbocycles. The molecule has 2 N–H and O–H groups in total. The van der Waals surface area contributed by atoms with Crippen molar-refractivity contribution in [2.45, 2.75) is 51.8 Å². The van der Waals surface area contributed by atoms with Crippen molar-refractivity contribution in [1.29, 1.82) is 0 Å². The molecule has 1 fully saturated rings. The lowest BCUT2D eigenvalue weighted by Gasteiger charge is -2.19. The van der Waals surface area contributed by atoms with E-state index >= 15 is 0 Å². The molecule has 1 amide bonds. The van der Waals surface area contributed by atoms with Crippen molar-refractivity contribution in [3.8, 4) is 11.5 Å². The molecule has 0 saturated heterocycles. The van der Waals surface area contributed by atoms with Crippen molar-refractivity contribution in [2.24, 2.45) is 4.99 Å². The number of benzene rings is 1. The van der Waals surface area contributed by atoms with Crippen LogP contribution >= 0.6 is 24.0 Å². The van der Waals surface area contributed by atoms with Gasteiger partial charge in [0, 0.05) is 25.7 Å². The lowest BCUT2D eigenvalue weighted by molar-refractivity contribution is -0.127. The monoisotopic (exact) mass is 540 g/mol. The van der Waals surface area contributed by atoms with Gasteiger partial charge in [0.15, 0.2) is 17.5 Å². The average molecular weight is 540 g/mol. The molecule has 1 saturated carbocycles. The molecular formula is C20H31F2IN4O3. The van der Waals surface area contributed by atoms with E-state index < -0.39 is 6.61 Å². The fourth-order valence-corrected chi connectivity index (χ4v) is 3.08. The average Bonchev–Trinajstić information content (AvgIpc) is 3.18. The predicted octanol–water partition coefficient (Wildman–Crippen LogP) is 3.37. The molecule has 30 heavy (non-hydrogen) atoms. The largest absolute Gasteiger partial charge is 0.490 e. The molecule has 0 aliphatic heterocycles. The highest BCUT2D eigenvalue weighted by atomic mass is 127. The smallest absolute Gasteiger partial charge is 0.387 e. The highest BCUT2D eigenvalue weighted by Crippen LogP contribution is 2.33. The third kappa shape index (κ3) is 8.49. The zero-order valence-electron chi connectivity index (χ0n) is 17.6. The molecule has 0 aromatic heterocycles. The van der Waals surface area contributed by atoms with E-state index in [9.17, 15) is 13.6 Å². The van der Waals surface area contributed by atoms with E-state index in [4.69, 9.17) is 9.47 Å². The van der Waals surface area contributed by atoms with Crippen LogP contribution < -0.4 is 20.1 Å². The summed E-state index contributed by atoms with van der Waals surface area (Å²) < 4.78 is 35.9. The van der Waals surface area contributed by atoms with Gasteiger partial charge in [0.1, 0.15) is 0 Å². The maximum absolute atomic E-state index is 12.9. The highest BCUT2D eigenvalue weighted by Gasteiger charge is 2.18. The van der Waals surface area contributed by atoms with Gasteiger partial charge in [-0.2, -0.15) is 8.78 Å². The molecule has 170 valence electrons. The van der Waals surface area contributed by atoms with Crippen molar-refractivity contribution in [1.82, 2.24) is 15.5 Å². The maximum atomic E-state index is 12.9. The van der Waals surface area contributed by atoms with Crippen LogP contribution in [-0.2, 0) is 11.3 Å². The summed E-state index contributed by atoms with van der Waals surface area (Å²) in [6, 6.07) is 5.24. The van der Waals surface area contributed by atoms with Gasteiger partial charge in [0.2, 0.25) is 5.91 Å². The highest BCUT2D eigenvalue weighted by molar-refractivity contribution is 14.0. The second-order valence-corrected chi connectivity index (χ2v) is 6.99. The number of nitrogens with zero attached hydrogens (tertiary/aromatic N) is 2. The Morgan fingerprint density at radius 2 is 2.00 bits per heavy atom. The van der Waals surface area contributed by atoms with E-state index in [0.29, 0.717) is 18.1 Å². The van der Waals surface area contributed by atoms with E-state index in [1.807, 2.05) is 0 Å². The van der Waals surface area contributed by atoms with Gasteiger partial charge in [-0.25, -0.2) is 4.99 Å². The lowest BCUT2D eigenvalue weighted by atomic mass is 10.2. The van der Waals surface area contributed by atoms with Gasteiger partial charge in [-0.15, -0.1) is 24.0 Å². The summed E-state index contributed by atoms with van der Waals surface area (Å²) in [5.41, 5.74) is 0.475. The van der Waals surface area contributed by atoms with Crippen LogP contribution in [0, 0.1) is 0 Å². The second kappa shape index (κ2) is 13.5. The summed E-state index contributed by atoms with van der Waals surface area (Å²) in [5.74, 6) is 0.613. The normalized spacial score (nSPS) is 14.3. The minimum atomic E-state index is -2.97. The molecule has 1 aromatic rings. The van der Waals surface area contributed by atoms with Crippen molar-refractivity contribution >= 4 is 35.8 Å². The SMILES string of the molecule is CCOc1cccc(CN=C(NCC(=O)N(C)C)NC2CCCC2)c1OC(F)F.I. The number of aliphatic imine (C=N–C) groups is 1. The molecule has 1 aliphatic rings. The first kappa shape index (κ1) is 26.2. The number of guanidine groups is 1. The Balaban J connectivity index is 0.00000450. The Bertz CT molecular complexity index is 699. The fourth-order valence-electron chi connectivity index (χ4n) is 3.08. The summed E-state index contributed by atoms with van der Waals surface area (Å²) in [6.07, 6.45) is 4.35. The number of hydrogen-bond acceptors (Lipinski definition) is 4. The first-order chi connectivity index (χ1) is 13.9. The number of halogens is 3. The van der Waals surface area contributed by atoms with Crippen LogP contribution in [-0.4, -0.2) is 56.7 Å². The summed E-state index contributed by atoms with van der Waals surface area (Å²) in [5, 5.41) is 6.35. The molecule has 1 aliphatic carbocycles. The number of carbonyl (C=O) groups is 1. The Morgan fingerprint density at radius 3 is 2.60 bits per heavy atom. The number of nitrogens with one attached hydrogen (secondary N) is 2. The third-order valence-electron chi connectivity index (χ3n) is 4.58. The van der Waals surface area contributed by atoms with Crippen molar-refractivity contribution in [3.05, 3.63) is 23.8 Å². The van der Waals surface area contributed by atoms with Crippen molar-refractivity contribution in [3.63, 3.8) is 0 Å². The number of alkyl halides is 2. The first-order valence-electron chi connectivity index (χ1n) is 9.85. The zero-order chi connectivity index (χ0) is 21.2. The molecule has 10 heteroatoms. The molecule has 0 atom stereocenters. The third-order valence-corrected chi connectivity index (χ3v) is 4.58. The molecule has 0 radical (unpaired) electrons. The minimum absolute atomic E-state index is 0. The number of para-hydroxylation sites is 1. The predicted molar refractivity (Wildman–Crippen MR) is 123 cm³/mol. The minimum Gasteiger partial charge on any atom is -0.490 e. The van der Waals surface area contributed by atoms with Gasteiger partial charge in [0.25, 0.3) is 0 Å². The number of likely N-dealkylation sites (N-methyl/N-ethyl adjacent to an activating group) is 1. The quantitative estimate of drug-likeness (QED) is 0.286. The molecule has 2 rings (SSSR count). The van der Waals surface area contributed by atoms with E-state index in [-0.39, 0.29) is 60.5 Å². The van der Waals surface area contributed by atoms with Gasteiger partial charge in [-0.1, -0.05) is 25.0 Å². The molecule has 0 unspecified atom stereocenters. The topological polar surface area (TPSA) is 75.2 Å². The lowest BCUT2D eigenvalue weighted by Crippen LogP contribution is -2.46. The number of amides is 1. The van der Waals surface area contributed by atoms with Crippen LogP contribution in [0.25, 0.3) is 0 Å². The van der Waals surface area contributed by atoms with Crippen molar-refractivity contribution in [2.75, 3.05) is 27.2 Å². The Morgan fingerprint density at radius 1 is 1.30 bits per heavy atom. The van der Waals surface area contributed by atoms with E-state index in [1.54, 1.807) is 39.2 Å². The van der Waals surface area contributed by atoms with Crippen molar-refractivity contribution < 1.29 is 23.0 Å². The van der Waals surface area contributed by atoms with Gasteiger partial charge in [-0.3, -0.25) is 4.79 Å². The fraction of sp³-hybridized carbons (Fsp3) is 0.600. The summed E-state index contributed by atoms with van der Waals surface area (Å²) in [7, 11) is 3.36. The maximum Gasteiger partial charge on any atom is 0.387 e. The second-order valence-electron chi connectivity index (χ2n) is 6.99. The Kier molecular flexibility index (Phi) is 11.7. The Hall–Kier alpha value is -1.85. The summed E-state index contributed by atoms with van der Waals surface area (Å²) in [6.45, 7) is -0.681. The van der Waals surface area contributed by atoms with Gasteiger partial charge < -0.3 is 25.0 Å². The summed E-state index contributed by atoms with van der Waals surface area (Å²) >= 11 is 0. The molecule has 0 bridgehead atoms. The van der Waals surface area contributed by atoms with Gasteiger partial charge in [0.05, 0.1) is 19.7 Å². The van der Waals surface area contributed by atoms with Gasteiger partial charge >= 0.3 is 6.61 Å². The standard InChI is InChI=1S/C20H30F2N4O3.HI/c1-4-28-16-11-7-8-14(18(16)29-19(21)22)12-23-20(24-13-17(27)26(2)3)25-15-9-5-6-10-15;/h7-8,11,15,19H,4-6,9-10,12-13H2,1-3H3,(H2,23,24,25);1H. The van der Waals surface area contributed by atoms with Crippen LogP contribution in [0.5, 0.6) is 11.5 Å². The molecular weight excluding hydrogens is 509 g/mol. The van der Waals surface area contributed by atoms with E-state index in [2.05, 4.69) is 15.6 Å². The van der Waals surface area contributed by atoms with Crippen LogP contribution in [0.3, 0.4) is 0 Å². The van der Waals surface area contributed by atoms with Crippen LogP contribution in [0.1, 0.15) is 38.2 Å². The molecule has 7 nitrogen and oxygen atoms in total. The molecule has 0 spiro atoms. The van der Waals surface area contributed by atoms with E-state index in [0.717, 1.165) is 25.7 Å². The number of hydrogen-bond donors (Lipinski definition) is 2. The van der Waals surface area contributed by atoms with Crippen LogP contribution in [0.2, 0.25) is 0 Å². The number of ether oxygens (including phenoxy) is 2.